The van der Waals surface area contributed by atoms with E-state index in [0.29, 0.717) is 13.0 Å². The smallest absolute Gasteiger partial charge is 0.225 e. The molecule has 0 spiro atoms. The lowest BCUT2D eigenvalue weighted by molar-refractivity contribution is -0.116. The van der Waals surface area contributed by atoms with E-state index >= 15 is 0 Å². The summed E-state index contributed by atoms with van der Waals surface area (Å²) in [4.78, 5) is 18.9. The number of carbonyl (C=O) groups is 1. The molecule has 0 unspecified atom stereocenters. The van der Waals surface area contributed by atoms with Gasteiger partial charge in [0.25, 0.3) is 0 Å². The van der Waals surface area contributed by atoms with Crippen molar-refractivity contribution in [2.75, 3.05) is 51.8 Å². The highest BCUT2D eigenvalue weighted by Crippen LogP contribution is 2.19. The van der Waals surface area contributed by atoms with Crippen molar-refractivity contribution in [2.45, 2.75) is 45.1 Å². The number of carbonyl (C=O) groups excluding carboxylic acids is 1. The average Bonchev–Trinajstić information content (AvgIpc) is 2.81. The van der Waals surface area contributed by atoms with E-state index in [1.165, 1.54) is 25.7 Å². The molecule has 170 valence electrons. The van der Waals surface area contributed by atoms with E-state index in [0.717, 1.165) is 63.0 Å². The first-order valence-electron chi connectivity index (χ1n) is 11.5. The molecule has 0 atom stereocenters. The molecule has 1 heterocycles. The van der Waals surface area contributed by atoms with Crippen molar-refractivity contribution in [3.8, 4) is 0 Å². The number of guanidine groups is 1. The van der Waals surface area contributed by atoms with Gasteiger partial charge in [-0.3, -0.25) is 14.7 Å². The zero-order valence-corrected chi connectivity index (χ0v) is 18.8. The lowest BCUT2D eigenvalue weighted by atomic mass is 9.97. The molecule has 7 nitrogen and oxygen atoms in total. The number of allylic oxidation sites excluding steroid dienone is 1. The molecule has 7 heteroatoms. The van der Waals surface area contributed by atoms with E-state index in [-0.39, 0.29) is 5.91 Å². The SMILES string of the molecule is CN=C(NCCC1=CCCCC1)NCc1cccc(NC(=O)CCN2CCOCC2)c1. The van der Waals surface area contributed by atoms with E-state index in [4.69, 9.17) is 4.74 Å². The quantitative estimate of drug-likeness (QED) is 0.321. The van der Waals surface area contributed by atoms with Crippen molar-refractivity contribution in [1.82, 2.24) is 15.5 Å². The van der Waals surface area contributed by atoms with Crippen LogP contribution in [-0.2, 0) is 16.1 Å². The molecule has 0 bridgehead atoms. The Labute approximate surface area is 186 Å². The molecule has 0 aromatic heterocycles. The first-order chi connectivity index (χ1) is 15.2. The van der Waals surface area contributed by atoms with Crippen LogP contribution >= 0.6 is 0 Å². The number of ether oxygens (including phenoxy) is 1. The van der Waals surface area contributed by atoms with E-state index < -0.39 is 0 Å². The van der Waals surface area contributed by atoms with Gasteiger partial charge < -0.3 is 20.7 Å². The van der Waals surface area contributed by atoms with Crippen molar-refractivity contribution >= 4 is 17.6 Å². The number of nitrogens with one attached hydrogen (secondary N) is 3. The maximum atomic E-state index is 12.3. The zero-order valence-electron chi connectivity index (χ0n) is 18.8. The Morgan fingerprint density at radius 2 is 2.06 bits per heavy atom. The Morgan fingerprint density at radius 3 is 2.84 bits per heavy atom. The first-order valence-corrected chi connectivity index (χ1v) is 11.5. The highest BCUT2D eigenvalue weighted by Gasteiger charge is 2.12. The van der Waals surface area contributed by atoms with Gasteiger partial charge in [-0.15, -0.1) is 0 Å². The third kappa shape index (κ3) is 8.71. The topological polar surface area (TPSA) is 78.0 Å². The van der Waals surface area contributed by atoms with Crippen LogP contribution in [0.15, 0.2) is 40.9 Å². The summed E-state index contributed by atoms with van der Waals surface area (Å²) in [6.45, 7) is 5.64. The second-order valence-corrected chi connectivity index (χ2v) is 8.16. The molecule has 31 heavy (non-hydrogen) atoms. The van der Waals surface area contributed by atoms with Gasteiger partial charge in [0.05, 0.1) is 13.2 Å². The highest BCUT2D eigenvalue weighted by atomic mass is 16.5. The lowest BCUT2D eigenvalue weighted by Crippen LogP contribution is -2.38. The second-order valence-electron chi connectivity index (χ2n) is 8.16. The van der Waals surface area contributed by atoms with Crippen molar-refractivity contribution in [3.05, 3.63) is 41.5 Å². The summed E-state index contributed by atoms with van der Waals surface area (Å²) in [5.74, 6) is 0.849. The predicted molar refractivity (Wildman–Crippen MR) is 126 cm³/mol. The van der Waals surface area contributed by atoms with E-state index in [1.54, 1.807) is 12.6 Å². The van der Waals surface area contributed by atoms with Crippen LogP contribution in [0.2, 0.25) is 0 Å². The summed E-state index contributed by atoms with van der Waals surface area (Å²) in [7, 11) is 1.79. The molecule has 1 aromatic carbocycles. The molecule has 1 fully saturated rings. The molecular formula is C24H37N5O2. The van der Waals surface area contributed by atoms with Gasteiger partial charge in [-0.25, -0.2) is 0 Å². The molecular weight excluding hydrogens is 390 g/mol. The molecule has 1 aliphatic carbocycles. The molecule has 1 aromatic rings. The Hall–Kier alpha value is -2.38. The minimum Gasteiger partial charge on any atom is -0.379 e. The van der Waals surface area contributed by atoms with Crippen LogP contribution in [-0.4, -0.2) is 63.2 Å². The largest absolute Gasteiger partial charge is 0.379 e. The normalized spacial score (nSPS) is 17.7. The minimum absolute atomic E-state index is 0.0473. The Balaban J connectivity index is 1.38. The van der Waals surface area contributed by atoms with Crippen LogP contribution in [0.4, 0.5) is 5.69 Å². The van der Waals surface area contributed by atoms with Gasteiger partial charge in [0.1, 0.15) is 0 Å². The fraction of sp³-hybridized carbons (Fsp3) is 0.583. The summed E-state index contributed by atoms with van der Waals surface area (Å²) in [5, 5.41) is 9.77. The van der Waals surface area contributed by atoms with Gasteiger partial charge in [-0.2, -0.15) is 0 Å². The van der Waals surface area contributed by atoms with Gasteiger partial charge in [0.2, 0.25) is 5.91 Å². The molecule has 1 aliphatic heterocycles. The molecule has 3 rings (SSSR count). The predicted octanol–water partition coefficient (Wildman–Crippen LogP) is 2.90. The highest BCUT2D eigenvalue weighted by molar-refractivity contribution is 5.90. The van der Waals surface area contributed by atoms with Gasteiger partial charge in [-0.05, 0) is 49.8 Å². The molecule has 0 saturated carbocycles. The van der Waals surface area contributed by atoms with Crippen LogP contribution in [0.25, 0.3) is 0 Å². The fourth-order valence-electron chi connectivity index (χ4n) is 3.95. The van der Waals surface area contributed by atoms with Gasteiger partial charge >= 0.3 is 0 Å². The number of aliphatic imine (C=N–C) groups is 1. The third-order valence-electron chi connectivity index (χ3n) is 5.78. The van der Waals surface area contributed by atoms with E-state index in [2.05, 4.69) is 38.0 Å². The average molecular weight is 428 g/mol. The molecule has 1 amide bonds. The van der Waals surface area contributed by atoms with Gasteiger partial charge in [0, 0.05) is 51.9 Å². The number of amides is 1. The third-order valence-corrected chi connectivity index (χ3v) is 5.78. The van der Waals surface area contributed by atoms with Crippen LogP contribution in [0.5, 0.6) is 0 Å². The number of nitrogens with zero attached hydrogens (tertiary/aromatic N) is 2. The van der Waals surface area contributed by atoms with Crippen molar-refractivity contribution < 1.29 is 9.53 Å². The number of morpholine rings is 1. The van der Waals surface area contributed by atoms with Gasteiger partial charge in [-0.1, -0.05) is 23.8 Å². The lowest BCUT2D eigenvalue weighted by Gasteiger charge is -2.26. The summed E-state index contributed by atoms with van der Waals surface area (Å²) in [5.41, 5.74) is 3.49. The summed E-state index contributed by atoms with van der Waals surface area (Å²) < 4.78 is 5.35. The number of anilines is 1. The maximum Gasteiger partial charge on any atom is 0.225 e. The first kappa shape index (κ1) is 23.3. The minimum atomic E-state index is 0.0473. The number of hydrogen-bond donors (Lipinski definition) is 3. The van der Waals surface area contributed by atoms with E-state index in [1.807, 2.05) is 18.2 Å². The van der Waals surface area contributed by atoms with Crippen molar-refractivity contribution in [1.29, 1.82) is 0 Å². The zero-order chi connectivity index (χ0) is 21.7. The van der Waals surface area contributed by atoms with Crippen LogP contribution in [0, 0.1) is 0 Å². The summed E-state index contributed by atoms with van der Waals surface area (Å²) in [6, 6.07) is 7.97. The van der Waals surface area contributed by atoms with Gasteiger partial charge in [0.15, 0.2) is 5.96 Å². The molecule has 3 N–H and O–H groups in total. The van der Waals surface area contributed by atoms with Crippen LogP contribution in [0.3, 0.4) is 0 Å². The van der Waals surface area contributed by atoms with Crippen LogP contribution < -0.4 is 16.0 Å². The molecule has 0 radical (unpaired) electrons. The number of benzene rings is 1. The Kier molecular flexibility index (Phi) is 9.86. The standard InChI is InChI=1S/C24H37N5O2/c1-25-24(26-12-10-20-6-3-2-4-7-20)27-19-21-8-5-9-22(18-21)28-23(30)11-13-29-14-16-31-17-15-29/h5-6,8-9,18H,2-4,7,10-17,19H2,1H3,(H,28,30)(H2,25,26,27). The monoisotopic (exact) mass is 427 g/mol. The summed E-state index contributed by atoms with van der Waals surface area (Å²) in [6.07, 6.45) is 9.07. The van der Waals surface area contributed by atoms with Crippen LogP contribution in [0.1, 0.15) is 44.1 Å². The van der Waals surface area contributed by atoms with E-state index in [9.17, 15) is 4.79 Å². The Morgan fingerprint density at radius 1 is 1.19 bits per heavy atom. The Bertz CT molecular complexity index is 756. The van der Waals surface area contributed by atoms with Crippen molar-refractivity contribution in [2.24, 2.45) is 4.99 Å². The number of rotatable bonds is 9. The molecule has 1 saturated heterocycles. The molecule has 2 aliphatic rings. The fourth-order valence-corrected chi connectivity index (χ4v) is 3.95. The second kappa shape index (κ2) is 13.1. The van der Waals surface area contributed by atoms with Crippen molar-refractivity contribution in [3.63, 3.8) is 0 Å². The number of hydrogen-bond acceptors (Lipinski definition) is 4. The maximum absolute atomic E-state index is 12.3. The summed E-state index contributed by atoms with van der Waals surface area (Å²) >= 11 is 0.